The Bertz CT molecular complexity index is 893. The summed E-state index contributed by atoms with van der Waals surface area (Å²) in [6.07, 6.45) is 3.21. The lowest BCUT2D eigenvalue weighted by Crippen LogP contribution is -2.45. The Morgan fingerprint density at radius 1 is 1.22 bits per heavy atom. The highest BCUT2D eigenvalue weighted by Crippen LogP contribution is 2.27. The Kier molecular flexibility index (Phi) is 6.39. The van der Waals surface area contributed by atoms with Gasteiger partial charge in [-0.15, -0.1) is 0 Å². The second-order valence-corrected chi connectivity index (χ2v) is 9.40. The molecule has 1 aromatic heterocycles. The molecule has 0 saturated carbocycles. The Morgan fingerprint density at radius 3 is 2.63 bits per heavy atom. The Labute approximate surface area is 168 Å². The highest BCUT2D eigenvalue weighted by molar-refractivity contribution is 9.10. The van der Waals surface area contributed by atoms with E-state index in [1.165, 1.54) is 0 Å². The molecule has 1 aliphatic heterocycles. The molecule has 0 bridgehead atoms. The first-order valence-corrected chi connectivity index (χ1v) is 11.2. The van der Waals surface area contributed by atoms with Gasteiger partial charge in [-0.05, 0) is 66.4 Å². The fourth-order valence-corrected chi connectivity index (χ4v) is 5.33. The molecule has 1 atom stereocenters. The number of aryl methyl sites for hydroxylation is 1. The molecule has 8 heteroatoms. The van der Waals surface area contributed by atoms with E-state index in [2.05, 4.69) is 21.2 Å². The lowest BCUT2D eigenvalue weighted by Gasteiger charge is -2.34. The largest absolute Gasteiger partial charge is 0.444 e. The van der Waals surface area contributed by atoms with Gasteiger partial charge in [0.05, 0.1) is 4.90 Å². The first-order valence-electron chi connectivity index (χ1n) is 9.00. The van der Waals surface area contributed by atoms with Gasteiger partial charge in [-0.1, -0.05) is 24.1 Å². The van der Waals surface area contributed by atoms with Crippen LogP contribution in [0.15, 0.2) is 50.4 Å². The maximum Gasteiger partial charge on any atom is 0.287 e. The Morgan fingerprint density at radius 2 is 1.96 bits per heavy atom. The van der Waals surface area contributed by atoms with Crippen LogP contribution < -0.4 is 5.32 Å². The van der Waals surface area contributed by atoms with Gasteiger partial charge in [-0.3, -0.25) is 4.79 Å². The van der Waals surface area contributed by atoms with E-state index < -0.39 is 10.0 Å². The van der Waals surface area contributed by atoms with Crippen molar-refractivity contribution in [1.82, 2.24) is 9.62 Å². The summed E-state index contributed by atoms with van der Waals surface area (Å²) in [6, 6.07) is 10.1. The molecular formula is C19H23BrN2O4S. The van der Waals surface area contributed by atoms with Crippen molar-refractivity contribution in [3.8, 4) is 0 Å². The number of carbonyl (C=O) groups excluding carboxylic acids is 1. The van der Waals surface area contributed by atoms with E-state index in [1.807, 2.05) is 19.1 Å². The fourth-order valence-electron chi connectivity index (χ4n) is 3.30. The second-order valence-electron chi connectivity index (χ2n) is 6.73. The zero-order valence-corrected chi connectivity index (χ0v) is 17.6. The van der Waals surface area contributed by atoms with Gasteiger partial charge >= 0.3 is 0 Å². The summed E-state index contributed by atoms with van der Waals surface area (Å²) >= 11 is 3.17. The molecule has 1 N–H and O–H groups in total. The number of hydrogen-bond acceptors (Lipinski definition) is 4. The number of furan rings is 1. The van der Waals surface area contributed by atoms with Crippen LogP contribution in [0.5, 0.6) is 0 Å². The molecule has 0 radical (unpaired) electrons. The molecule has 1 amide bonds. The summed E-state index contributed by atoms with van der Waals surface area (Å²) in [5.41, 5.74) is 1.02. The lowest BCUT2D eigenvalue weighted by molar-refractivity contribution is 0.0920. The number of benzene rings is 1. The van der Waals surface area contributed by atoms with Crippen molar-refractivity contribution in [1.29, 1.82) is 0 Å². The minimum absolute atomic E-state index is 0.117. The average Bonchev–Trinajstić information content (AvgIpc) is 3.09. The summed E-state index contributed by atoms with van der Waals surface area (Å²) in [4.78, 5) is 12.4. The third-order valence-electron chi connectivity index (χ3n) is 4.76. The summed E-state index contributed by atoms with van der Waals surface area (Å²) < 4.78 is 33.4. The predicted octanol–water partition coefficient (Wildman–Crippen LogP) is 3.71. The number of piperidine rings is 1. The van der Waals surface area contributed by atoms with E-state index in [0.29, 0.717) is 29.1 Å². The summed E-state index contributed by atoms with van der Waals surface area (Å²) in [6.45, 7) is 2.84. The van der Waals surface area contributed by atoms with Crippen molar-refractivity contribution in [3.05, 3.63) is 52.4 Å². The van der Waals surface area contributed by atoms with Crippen LogP contribution in [0, 0.1) is 6.92 Å². The van der Waals surface area contributed by atoms with Gasteiger partial charge in [0.2, 0.25) is 10.0 Å². The molecule has 27 heavy (non-hydrogen) atoms. The normalized spacial score (nSPS) is 18.4. The van der Waals surface area contributed by atoms with E-state index in [9.17, 15) is 13.2 Å². The van der Waals surface area contributed by atoms with Gasteiger partial charge in [0.25, 0.3) is 5.91 Å². The molecule has 3 rings (SSSR count). The van der Waals surface area contributed by atoms with Gasteiger partial charge in [0, 0.05) is 19.1 Å². The monoisotopic (exact) mass is 454 g/mol. The number of nitrogens with zero attached hydrogens (tertiary/aromatic N) is 1. The van der Waals surface area contributed by atoms with E-state index in [1.54, 1.807) is 28.6 Å². The van der Waals surface area contributed by atoms with Crippen LogP contribution in [0.25, 0.3) is 0 Å². The van der Waals surface area contributed by atoms with Crippen LogP contribution in [0.4, 0.5) is 0 Å². The zero-order valence-electron chi connectivity index (χ0n) is 15.2. The Balaban J connectivity index is 1.64. The third-order valence-corrected chi connectivity index (χ3v) is 7.15. The van der Waals surface area contributed by atoms with Gasteiger partial charge in [0.15, 0.2) is 10.4 Å². The van der Waals surface area contributed by atoms with Crippen LogP contribution >= 0.6 is 15.9 Å². The van der Waals surface area contributed by atoms with Gasteiger partial charge in [0.1, 0.15) is 0 Å². The van der Waals surface area contributed by atoms with Gasteiger partial charge < -0.3 is 9.73 Å². The molecule has 1 unspecified atom stereocenters. The van der Waals surface area contributed by atoms with Crippen LogP contribution in [0.3, 0.4) is 0 Å². The number of rotatable bonds is 6. The van der Waals surface area contributed by atoms with Crippen molar-refractivity contribution in [2.24, 2.45) is 0 Å². The lowest BCUT2D eigenvalue weighted by atomic mass is 10.0. The first kappa shape index (κ1) is 20.1. The summed E-state index contributed by atoms with van der Waals surface area (Å²) in [5.74, 6) is -0.0703. The molecule has 0 spiro atoms. The molecular weight excluding hydrogens is 432 g/mol. The van der Waals surface area contributed by atoms with E-state index >= 15 is 0 Å². The standard InChI is InChI=1S/C19H23BrN2O4S/c1-14-5-7-16(8-6-14)27(24,25)22-13-3-2-4-15(22)11-12-21-19(23)17-9-10-18(20)26-17/h5-10,15H,2-4,11-13H2,1H3,(H,21,23). The molecule has 0 aliphatic carbocycles. The fraction of sp³-hybridized carbons (Fsp3) is 0.421. The number of carbonyl (C=O) groups is 1. The van der Waals surface area contributed by atoms with Crippen LogP contribution in [-0.2, 0) is 10.0 Å². The molecule has 1 aliphatic rings. The average molecular weight is 455 g/mol. The quantitative estimate of drug-likeness (QED) is 0.720. The van der Waals surface area contributed by atoms with Crippen molar-refractivity contribution in [3.63, 3.8) is 0 Å². The number of nitrogens with one attached hydrogen (secondary N) is 1. The van der Waals surface area contributed by atoms with Gasteiger partial charge in [-0.2, -0.15) is 4.31 Å². The molecule has 1 aromatic carbocycles. The highest BCUT2D eigenvalue weighted by atomic mass is 79.9. The maximum absolute atomic E-state index is 13.0. The van der Waals surface area contributed by atoms with Crippen LogP contribution in [-0.4, -0.2) is 37.8 Å². The highest BCUT2D eigenvalue weighted by Gasteiger charge is 2.33. The Hall–Kier alpha value is -1.64. The maximum atomic E-state index is 13.0. The zero-order chi connectivity index (χ0) is 19.4. The van der Waals surface area contributed by atoms with Crippen molar-refractivity contribution in [2.45, 2.75) is 43.5 Å². The smallest absolute Gasteiger partial charge is 0.287 e. The molecule has 1 saturated heterocycles. The topological polar surface area (TPSA) is 79.6 Å². The summed E-state index contributed by atoms with van der Waals surface area (Å²) in [7, 11) is -3.53. The molecule has 2 heterocycles. The minimum atomic E-state index is -3.53. The first-order chi connectivity index (χ1) is 12.9. The predicted molar refractivity (Wildman–Crippen MR) is 106 cm³/mol. The molecule has 146 valence electrons. The SMILES string of the molecule is Cc1ccc(S(=O)(=O)N2CCCCC2CCNC(=O)c2ccc(Br)o2)cc1. The number of halogens is 1. The van der Waals surface area contributed by atoms with Crippen molar-refractivity contribution < 1.29 is 17.6 Å². The number of sulfonamides is 1. The van der Waals surface area contributed by atoms with E-state index in [4.69, 9.17) is 4.42 Å². The number of amides is 1. The third kappa shape index (κ3) is 4.80. The molecule has 1 fully saturated rings. The van der Waals surface area contributed by atoms with Crippen molar-refractivity contribution >= 4 is 31.9 Å². The second kappa shape index (κ2) is 8.58. The van der Waals surface area contributed by atoms with E-state index in [-0.39, 0.29) is 17.7 Å². The number of hydrogen-bond donors (Lipinski definition) is 1. The summed E-state index contributed by atoms with van der Waals surface area (Å²) in [5, 5.41) is 2.80. The van der Waals surface area contributed by atoms with Gasteiger partial charge in [-0.25, -0.2) is 8.42 Å². The van der Waals surface area contributed by atoms with Crippen LogP contribution in [0.1, 0.15) is 41.8 Å². The van der Waals surface area contributed by atoms with E-state index in [0.717, 1.165) is 24.8 Å². The minimum Gasteiger partial charge on any atom is -0.444 e. The molecule has 2 aromatic rings. The van der Waals surface area contributed by atoms with Crippen LogP contribution in [0.2, 0.25) is 0 Å². The van der Waals surface area contributed by atoms with Crippen molar-refractivity contribution in [2.75, 3.05) is 13.1 Å². The molecule has 6 nitrogen and oxygen atoms in total.